The molecule has 0 spiro atoms. The van der Waals surface area contributed by atoms with E-state index in [-0.39, 0.29) is 18.5 Å². The standard InChI is InChI=1S/C16H22N2O5/c1-21-11-6-7-12(14(9-11)22-2)13-5-4-8-18(13)15(19)10-17-16(20)23-3/h6-7,9,13H,4-5,8,10H2,1-3H3,(H,17,20). The van der Waals surface area contributed by atoms with E-state index in [1.807, 2.05) is 18.2 Å². The molecule has 0 aromatic heterocycles. The zero-order valence-corrected chi connectivity index (χ0v) is 13.6. The highest BCUT2D eigenvalue weighted by Gasteiger charge is 2.32. The summed E-state index contributed by atoms with van der Waals surface area (Å²) in [7, 11) is 4.46. The molecule has 7 heteroatoms. The summed E-state index contributed by atoms with van der Waals surface area (Å²) in [5.41, 5.74) is 0.942. The van der Waals surface area contributed by atoms with Crippen molar-refractivity contribution in [1.82, 2.24) is 10.2 Å². The number of hydrogen-bond donors (Lipinski definition) is 1. The molecule has 1 N–H and O–H groups in total. The number of benzene rings is 1. The average molecular weight is 322 g/mol. The monoisotopic (exact) mass is 322 g/mol. The third-order valence-corrected chi connectivity index (χ3v) is 3.94. The van der Waals surface area contributed by atoms with Crippen molar-refractivity contribution in [2.45, 2.75) is 18.9 Å². The van der Waals surface area contributed by atoms with Gasteiger partial charge in [0.15, 0.2) is 0 Å². The first-order valence-electron chi connectivity index (χ1n) is 7.44. The summed E-state index contributed by atoms with van der Waals surface area (Å²) in [6, 6.07) is 5.51. The van der Waals surface area contributed by atoms with Gasteiger partial charge >= 0.3 is 6.09 Å². The van der Waals surface area contributed by atoms with Crippen LogP contribution in [0, 0.1) is 0 Å². The molecule has 1 aromatic carbocycles. The Labute approximate surface area is 135 Å². The van der Waals surface area contributed by atoms with Crippen LogP contribution in [0.2, 0.25) is 0 Å². The Morgan fingerprint density at radius 1 is 1.26 bits per heavy atom. The maximum absolute atomic E-state index is 12.4. The van der Waals surface area contributed by atoms with E-state index in [1.165, 1.54) is 7.11 Å². The smallest absolute Gasteiger partial charge is 0.407 e. The van der Waals surface area contributed by atoms with Gasteiger partial charge in [0, 0.05) is 18.2 Å². The van der Waals surface area contributed by atoms with Gasteiger partial charge in [-0.2, -0.15) is 0 Å². The van der Waals surface area contributed by atoms with Crippen LogP contribution < -0.4 is 14.8 Å². The van der Waals surface area contributed by atoms with Crippen molar-refractivity contribution in [1.29, 1.82) is 0 Å². The minimum absolute atomic E-state index is 0.0668. The number of amides is 2. The third kappa shape index (κ3) is 3.85. The van der Waals surface area contributed by atoms with Gasteiger partial charge in [-0.15, -0.1) is 0 Å². The highest BCUT2D eigenvalue weighted by atomic mass is 16.5. The number of ether oxygens (including phenoxy) is 3. The molecule has 1 fully saturated rings. The summed E-state index contributed by atoms with van der Waals surface area (Å²) in [5.74, 6) is 1.25. The topological polar surface area (TPSA) is 77.1 Å². The second-order valence-corrected chi connectivity index (χ2v) is 5.20. The Kier molecular flexibility index (Phi) is 5.67. The molecule has 2 amide bonds. The number of carbonyl (C=O) groups excluding carboxylic acids is 2. The molecular weight excluding hydrogens is 300 g/mol. The van der Waals surface area contributed by atoms with E-state index < -0.39 is 6.09 Å². The van der Waals surface area contributed by atoms with Crippen LogP contribution >= 0.6 is 0 Å². The number of nitrogens with one attached hydrogen (secondary N) is 1. The highest BCUT2D eigenvalue weighted by molar-refractivity contribution is 5.82. The van der Waals surface area contributed by atoms with Gasteiger partial charge in [0.25, 0.3) is 0 Å². The van der Waals surface area contributed by atoms with Crippen LogP contribution in [-0.2, 0) is 9.53 Å². The number of hydrogen-bond acceptors (Lipinski definition) is 5. The molecule has 1 aliphatic rings. The lowest BCUT2D eigenvalue weighted by Crippen LogP contribution is -2.39. The molecule has 7 nitrogen and oxygen atoms in total. The van der Waals surface area contributed by atoms with Crippen molar-refractivity contribution in [3.8, 4) is 11.5 Å². The maximum Gasteiger partial charge on any atom is 0.407 e. The first kappa shape index (κ1) is 16.9. The predicted octanol–water partition coefficient (Wildman–Crippen LogP) is 1.72. The molecular formula is C16H22N2O5. The van der Waals surface area contributed by atoms with Crippen LogP contribution in [0.15, 0.2) is 18.2 Å². The molecule has 0 aliphatic carbocycles. The first-order chi connectivity index (χ1) is 11.1. The third-order valence-electron chi connectivity index (χ3n) is 3.94. The molecule has 1 atom stereocenters. The summed E-state index contributed by atoms with van der Waals surface area (Å²) < 4.78 is 15.1. The lowest BCUT2D eigenvalue weighted by atomic mass is 10.0. The Morgan fingerprint density at radius 2 is 2.04 bits per heavy atom. The van der Waals surface area contributed by atoms with Gasteiger partial charge in [0.1, 0.15) is 18.0 Å². The molecule has 2 rings (SSSR count). The molecule has 1 heterocycles. The fraction of sp³-hybridized carbons (Fsp3) is 0.500. The lowest BCUT2D eigenvalue weighted by molar-refractivity contribution is -0.131. The summed E-state index contributed by atoms with van der Waals surface area (Å²) in [6.45, 7) is 0.573. The fourth-order valence-corrected chi connectivity index (χ4v) is 2.80. The molecule has 23 heavy (non-hydrogen) atoms. The van der Waals surface area contributed by atoms with E-state index in [1.54, 1.807) is 19.1 Å². The van der Waals surface area contributed by atoms with Crippen molar-refractivity contribution in [3.63, 3.8) is 0 Å². The summed E-state index contributed by atoms with van der Waals surface area (Å²) in [6.07, 6.45) is 1.15. The van der Waals surface area contributed by atoms with E-state index in [2.05, 4.69) is 10.1 Å². The summed E-state index contributed by atoms with van der Waals surface area (Å²) in [5, 5.41) is 2.42. The van der Waals surface area contributed by atoms with Crippen LogP contribution in [0.3, 0.4) is 0 Å². The summed E-state index contributed by atoms with van der Waals surface area (Å²) >= 11 is 0. The van der Waals surface area contributed by atoms with Crippen molar-refractivity contribution in [2.24, 2.45) is 0 Å². The number of methoxy groups -OCH3 is 3. The fourth-order valence-electron chi connectivity index (χ4n) is 2.80. The van der Waals surface area contributed by atoms with Crippen LogP contribution in [0.5, 0.6) is 11.5 Å². The molecule has 1 unspecified atom stereocenters. The molecule has 0 bridgehead atoms. The molecule has 0 saturated carbocycles. The molecule has 1 saturated heterocycles. The van der Waals surface area contributed by atoms with Crippen LogP contribution in [-0.4, -0.2) is 51.3 Å². The Bertz CT molecular complexity index is 576. The first-order valence-corrected chi connectivity index (χ1v) is 7.44. The van der Waals surface area contributed by atoms with Crippen molar-refractivity contribution < 1.29 is 23.8 Å². The molecule has 1 aliphatic heterocycles. The van der Waals surface area contributed by atoms with Gasteiger partial charge in [-0.05, 0) is 25.0 Å². The largest absolute Gasteiger partial charge is 0.497 e. The van der Waals surface area contributed by atoms with Crippen molar-refractivity contribution in [3.05, 3.63) is 23.8 Å². The maximum atomic E-state index is 12.4. The van der Waals surface area contributed by atoms with Gasteiger partial charge in [0.2, 0.25) is 5.91 Å². The predicted molar refractivity (Wildman–Crippen MR) is 83.6 cm³/mol. The van der Waals surface area contributed by atoms with Crippen molar-refractivity contribution in [2.75, 3.05) is 34.4 Å². The Morgan fingerprint density at radius 3 is 2.70 bits per heavy atom. The SMILES string of the molecule is COC(=O)NCC(=O)N1CCCC1c1ccc(OC)cc1OC. The molecule has 126 valence electrons. The van der Waals surface area contributed by atoms with Gasteiger partial charge in [-0.3, -0.25) is 4.79 Å². The van der Waals surface area contributed by atoms with E-state index in [9.17, 15) is 9.59 Å². The zero-order valence-electron chi connectivity index (χ0n) is 13.6. The van der Waals surface area contributed by atoms with Gasteiger partial charge in [-0.1, -0.05) is 0 Å². The van der Waals surface area contributed by atoms with Gasteiger partial charge in [-0.25, -0.2) is 4.79 Å². The lowest BCUT2D eigenvalue weighted by Gasteiger charge is -2.26. The number of rotatable bonds is 5. The van der Waals surface area contributed by atoms with Crippen LogP contribution in [0.1, 0.15) is 24.4 Å². The minimum atomic E-state index is -0.615. The van der Waals surface area contributed by atoms with E-state index in [4.69, 9.17) is 9.47 Å². The minimum Gasteiger partial charge on any atom is -0.497 e. The number of alkyl carbamates (subject to hydrolysis) is 1. The van der Waals surface area contributed by atoms with Gasteiger partial charge < -0.3 is 24.4 Å². The second-order valence-electron chi connectivity index (χ2n) is 5.20. The van der Waals surface area contributed by atoms with E-state index in [0.717, 1.165) is 18.4 Å². The second kappa shape index (κ2) is 7.71. The quantitative estimate of drug-likeness (QED) is 0.893. The normalized spacial score (nSPS) is 16.8. The van der Waals surface area contributed by atoms with E-state index in [0.29, 0.717) is 18.0 Å². The number of likely N-dealkylation sites (tertiary alicyclic amines) is 1. The Balaban J connectivity index is 2.15. The zero-order chi connectivity index (χ0) is 16.8. The van der Waals surface area contributed by atoms with Gasteiger partial charge in [0.05, 0.1) is 27.4 Å². The Hall–Kier alpha value is -2.44. The number of carbonyl (C=O) groups is 2. The summed E-state index contributed by atoms with van der Waals surface area (Å²) in [4.78, 5) is 25.2. The van der Waals surface area contributed by atoms with E-state index >= 15 is 0 Å². The molecule has 0 radical (unpaired) electrons. The van der Waals surface area contributed by atoms with Crippen molar-refractivity contribution >= 4 is 12.0 Å². The van der Waals surface area contributed by atoms with Crippen LogP contribution in [0.25, 0.3) is 0 Å². The highest BCUT2D eigenvalue weighted by Crippen LogP contribution is 2.38. The van der Waals surface area contributed by atoms with Crippen LogP contribution in [0.4, 0.5) is 4.79 Å². The molecule has 1 aromatic rings. The number of nitrogens with zero attached hydrogens (tertiary/aromatic N) is 1. The average Bonchev–Trinajstić information content (AvgIpc) is 3.08.